The minimum atomic E-state index is -0.0679. The van der Waals surface area contributed by atoms with Crippen molar-refractivity contribution in [2.45, 2.75) is 25.7 Å². The highest BCUT2D eigenvalue weighted by Gasteiger charge is 2.19. The fourth-order valence-electron chi connectivity index (χ4n) is 3.67. The molecule has 0 aromatic carbocycles. The van der Waals surface area contributed by atoms with E-state index in [1.807, 2.05) is 22.9 Å². The Hall–Kier alpha value is -1.97. The number of amides is 1. The summed E-state index contributed by atoms with van der Waals surface area (Å²) in [6.07, 6.45) is 6.51. The number of ether oxygens (including phenoxy) is 1. The summed E-state index contributed by atoms with van der Waals surface area (Å²) in [5.74, 6) is -0.0679. The molecule has 2 fully saturated rings. The molecule has 4 rings (SSSR count). The molecular formula is C19H28N6O2S. The van der Waals surface area contributed by atoms with Gasteiger partial charge in [-0.1, -0.05) is 11.3 Å². The highest BCUT2D eigenvalue weighted by molar-refractivity contribution is 7.17. The van der Waals surface area contributed by atoms with Gasteiger partial charge in [0.05, 0.1) is 13.2 Å². The quantitative estimate of drug-likeness (QED) is 0.709. The Balaban J connectivity index is 1.31. The van der Waals surface area contributed by atoms with Crippen LogP contribution in [0.5, 0.6) is 0 Å². The summed E-state index contributed by atoms with van der Waals surface area (Å²) in [5.41, 5.74) is 0.604. The standard InChI is InChI=1S/C19H28N6O2S/c26-17(20-7-5-8-23-12-14-27-15-13-23)16-6-4-11-25(16)19-22-21-18(28-19)24-9-2-1-3-10-24/h4,6,11H,1-3,5,7-10,12-15H2,(H,20,26). The molecule has 2 aliphatic heterocycles. The van der Waals surface area contributed by atoms with Crippen molar-refractivity contribution in [1.82, 2.24) is 25.0 Å². The van der Waals surface area contributed by atoms with Crippen LogP contribution in [0.1, 0.15) is 36.2 Å². The number of aromatic nitrogens is 3. The van der Waals surface area contributed by atoms with Crippen molar-refractivity contribution in [3.63, 3.8) is 0 Å². The SMILES string of the molecule is O=C(NCCCN1CCOCC1)c1cccn1-c1nnc(N2CCCCC2)s1. The first-order valence-corrected chi connectivity index (χ1v) is 11.0. The van der Waals surface area contributed by atoms with Crippen LogP contribution in [0, 0.1) is 0 Å². The van der Waals surface area contributed by atoms with E-state index in [-0.39, 0.29) is 5.91 Å². The third-order valence-corrected chi connectivity index (χ3v) is 6.24. The van der Waals surface area contributed by atoms with Gasteiger partial charge in [0.15, 0.2) is 0 Å². The zero-order chi connectivity index (χ0) is 19.2. The summed E-state index contributed by atoms with van der Waals surface area (Å²) in [4.78, 5) is 17.3. The van der Waals surface area contributed by atoms with Crippen molar-refractivity contribution in [2.24, 2.45) is 0 Å². The molecule has 1 N–H and O–H groups in total. The Morgan fingerprint density at radius 3 is 2.71 bits per heavy atom. The normalized spacial score (nSPS) is 18.4. The minimum Gasteiger partial charge on any atom is -0.379 e. The molecule has 2 aromatic rings. The first-order chi connectivity index (χ1) is 13.8. The summed E-state index contributed by atoms with van der Waals surface area (Å²) >= 11 is 1.54. The van der Waals surface area contributed by atoms with E-state index in [1.54, 1.807) is 11.3 Å². The number of hydrogen-bond donors (Lipinski definition) is 1. The summed E-state index contributed by atoms with van der Waals surface area (Å²) in [5, 5.41) is 13.4. The van der Waals surface area contributed by atoms with Gasteiger partial charge in [0.1, 0.15) is 5.69 Å². The highest BCUT2D eigenvalue weighted by Crippen LogP contribution is 2.26. The van der Waals surface area contributed by atoms with E-state index in [0.29, 0.717) is 12.2 Å². The Morgan fingerprint density at radius 1 is 1.11 bits per heavy atom. The third kappa shape index (κ3) is 4.71. The maximum absolute atomic E-state index is 12.6. The third-order valence-electron chi connectivity index (χ3n) is 5.26. The van der Waals surface area contributed by atoms with Crippen molar-refractivity contribution in [3.8, 4) is 5.13 Å². The van der Waals surface area contributed by atoms with Crippen LogP contribution in [0.15, 0.2) is 18.3 Å². The highest BCUT2D eigenvalue weighted by atomic mass is 32.1. The summed E-state index contributed by atoms with van der Waals surface area (Å²) in [6.45, 7) is 7.30. The van der Waals surface area contributed by atoms with Crippen molar-refractivity contribution in [1.29, 1.82) is 0 Å². The first kappa shape index (κ1) is 19.4. The molecule has 0 saturated carbocycles. The lowest BCUT2D eigenvalue weighted by Gasteiger charge is -2.26. The van der Waals surface area contributed by atoms with Crippen molar-refractivity contribution < 1.29 is 9.53 Å². The second-order valence-corrected chi connectivity index (χ2v) is 8.18. The molecule has 2 aliphatic rings. The molecule has 4 heterocycles. The van der Waals surface area contributed by atoms with Crippen LogP contribution in [0.2, 0.25) is 0 Å². The largest absolute Gasteiger partial charge is 0.379 e. The zero-order valence-electron chi connectivity index (χ0n) is 16.2. The Labute approximate surface area is 169 Å². The Kier molecular flexibility index (Phi) is 6.56. The van der Waals surface area contributed by atoms with Gasteiger partial charge in [0.25, 0.3) is 5.91 Å². The number of rotatable bonds is 7. The lowest BCUT2D eigenvalue weighted by atomic mass is 10.1. The predicted octanol–water partition coefficient (Wildman–Crippen LogP) is 1.77. The van der Waals surface area contributed by atoms with Gasteiger partial charge in [-0.2, -0.15) is 0 Å². The predicted molar refractivity (Wildman–Crippen MR) is 110 cm³/mol. The van der Waals surface area contributed by atoms with Gasteiger partial charge in [0.2, 0.25) is 10.3 Å². The van der Waals surface area contributed by atoms with Crippen LogP contribution in [0.4, 0.5) is 5.13 Å². The van der Waals surface area contributed by atoms with E-state index in [2.05, 4.69) is 25.3 Å². The Bertz CT molecular complexity index is 764. The average molecular weight is 405 g/mol. The van der Waals surface area contributed by atoms with E-state index in [1.165, 1.54) is 19.3 Å². The fraction of sp³-hybridized carbons (Fsp3) is 0.632. The van der Waals surface area contributed by atoms with Gasteiger partial charge >= 0.3 is 0 Å². The average Bonchev–Trinajstić information content (AvgIpc) is 3.42. The monoisotopic (exact) mass is 404 g/mol. The fourth-order valence-corrected chi connectivity index (χ4v) is 4.57. The smallest absolute Gasteiger partial charge is 0.268 e. The molecule has 28 heavy (non-hydrogen) atoms. The maximum atomic E-state index is 12.6. The molecule has 0 aliphatic carbocycles. The lowest BCUT2D eigenvalue weighted by Crippen LogP contribution is -2.38. The summed E-state index contributed by atoms with van der Waals surface area (Å²) in [7, 11) is 0. The molecule has 0 atom stereocenters. The number of hydrogen-bond acceptors (Lipinski definition) is 7. The van der Waals surface area contributed by atoms with Crippen LogP contribution >= 0.6 is 11.3 Å². The molecule has 1 amide bonds. The number of carbonyl (C=O) groups excluding carboxylic acids is 1. The molecule has 9 heteroatoms. The molecule has 152 valence electrons. The minimum absolute atomic E-state index is 0.0679. The van der Waals surface area contributed by atoms with Gasteiger partial charge in [-0.25, -0.2) is 0 Å². The molecule has 0 radical (unpaired) electrons. The summed E-state index contributed by atoms with van der Waals surface area (Å²) in [6, 6.07) is 3.71. The van der Waals surface area contributed by atoms with Gasteiger partial charge in [-0.3, -0.25) is 14.3 Å². The van der Waals surface area contributed by atoms with Crippen molar-refractivity contribution >= 4 is 22.4 Å². The van der Waals surface area contributed by atoms with Crippen LogP contribution in [-0.4, -0.2) is 78.1 Å². The number of morpholine rings is 1. The molecule has 2 aromatic heterocycles. The molecule has 8 nitrogen and oxygen atoms in total. The topological polar surface area (TPSA) is 75.5 Å². The van der Waals surface area contributed by atoms with E-state index >= 15 is 0 Å². The second-order valence-electron chi connectivity index (χ2n) is 7.24. The van der Waals surface area contributed by atoms with E-state index in [4.69, 9.17) is 4.74 Å². The molecular weight excluding hydrogens is 376 g/mol. The van der Waals surface area contributed by atoms with Gasteiger partial charge in [-0.15, -0.1) is 10.2 Å². The molecule has 0 unspecified atom stereocenters. The second kappa shape index (κ2) is 9.49. The van der Waals surface area contributed by atoms with E-state index < -0.39 is 0 Å². The van der Waals surface area contributed by atoms with E-state index in [0.717, 1.165) is 62.6 Å². The van der Waals surface area contributed by atoms with Crippen LogP contribution in [0.25, 0.3) is 5.13 Å². The molecule has 0 bridgehead atoms. The van der Waals surface area contributed by atoms with Crippen LogP contribution in [-0.2, 0) is 4.74 Å². The summed E-state index contributed by atoms with van der Waals surface area (Å²) < 4.78 is 7.20. The van der Waals surface area contributed by atoms with Crippen molar-refractivity contribution in [3.05, 3.63) is 24.0 Å². The van der Waals surface area contributed by atoms with Gasteiger partial charge < -0.3 is 15.0 Å². The van der Waals surface area contributed by atoms with Gasteiger partial charge in [0, 0.05) is 38.9 Å². The van der Waals surface area contributed by atoms with Gasteiger partial charge in [-0.05, 0) is 44.4 Å². The number of nitrogens with zero attached hydrogens (tertiary/aromatic N) is 5. The van der Waals surface area contributed by atoms with Crippen LogP contribution in [0.3, 0.4) is 0 Å². The van der Waals surface area contributed by atoms with E-state index in [9.17, 15) is 4.79 Å². The van der Waals surface area contributed by atoms with Crippen LogP contribution < -0.4 is 10.2 Å². The number of piperidine rings is 1. The lowest BCUT2D eigenvalue weighted by molar-refractivity contribution is 0.0374. The molecule has 0 spiro atoms. The maximum Gasteiger partial charge on any atom is 0.268 e. The number of nitrogens with one attached hydrogen (secondary N) is 1. The number of anilines is 1. The zero-order valence-corrected chi connectivity index (χ0v) is 17.0. The Morgan fingerprint density at radius 2 is 1.89 bits per heavy atom. The van der Waals surface area contributed by atoms with Crippen molar-refractivity contribution in [2.75, 3.05) is 57.4 Å². The molecule has 2 saturated heterocycles. The first-order valence-electron chi connectivity index (χ1n) is 10.2. The number of carbonyl (C=O) groups is 1.